The molecule has 1 heterocycles. The summed E-state index contributed by atoms with van der Waals surface area (Å²) in [5.74, 6) is -4.34. The topological polar surface area (TPSA) is 271 Å². The lowest BCUT2D eigenvalue weighted by Crippen LogP contribution is -2.61. The quantitative estimate of drug-likeness (QED) is 0.0410. The van der Waals surface area contributed by atoms with E-state index in [4.69, 9.17) is 11.5 Å². The molecule has 0 aromatic heterocycles. The number of amides is 5. The van der Waals surface area contributed by atoms with Crippen molar-refractivity contribution in [2.45, 2.75) is 136 Å². The van der Waals surface area contributed by atoms with E-state index in [1.165, 1.54) is 17.0 Å². The van der Waals surface area contributed by atoms with E-state index < -0.39 is 65.2 Å². The first kappa shape index (κ1) is 49.2. The molecule has 1 aliphatic rings. The molecule has 1 aromatic carbocycles. The monoisotopic (exact) mass is 816 g/mol. The number of carboxylic acids is 1. The summed E-state index contributed by atoms with van der Waals surface area (Å²) < 4.78 is 0. The number of rotatable bonds is 24. The molecular weight excluding hydrogens is 747 g/mol. The average Bonchev–Trinajstić information content (AvgIpc) is 3.64. The first-order chi connectivity index (χ1) is 27.2. The largest absolute Gasteiger partial charge is 0.508 e. The Morgan fingerprint density at radius 3 is 2.09 bits per heavy atom. The maximum atomic E-state index is 14.2. The molecule has 2 rings (SSSR count). The van der Waals surface area contributed by atoms with Crippen LogP contribution in [0.25, 0.3) is 0 Å². The molecule has 58 heavy (non-hydrogen) atoms. The van der Waals surface area contributed by atoms with Crippen LogP contribution in [0.1, 0.15) is 105 Å². The highest BCUT2D eigenvalue weighted by molar-refractivity contribution is 5.96. The average molecular weight is 816 g/mol. The number of aromatic hydroxyl groups is 1. The summed E-state index contributed by atoms with van der Waals surface area (Å²) >= 11 is 0. The van der Waals surface area contributed by atoms with Crippen LogP contribution in [0.5, 0.6) is 5.75 Å². The number of carbonyl (C=O) groups excluding carboxylic acids is 5. The third kappa shape index (κ3) is 16.9. The van der Waals surface area contributed by atoms with E-state index in [0.29, 0.717) is 31.2 Å². The second-order valence-corrected chi connectivity index (χ2v) is 16.8. The number of nitrogens with one attached hydrogen (secondary N) is 5. The summed E-state index contributed by atoms with van der Waals surface area (Å²) in [7, 11) is 1.89. The fourth-order valence-electron chi connectivity index (χ4n) is 6.85. The number of guanidine groups is 1. The molecule has 326 valence electrons. The number of aliphatic carboxylic acids is 1. The van der Waals surface area contributed by atoms with Gasteiger partial charge in [0.1, 0.15) is 36.0 Å². The molecule has 1 aromatic rings. The summed E-state index contributed by atoms with van der Waals surface area (Å²) in [5, 5.41) is 33.8. The van der Waals surface area contributed by atoms with Crippen LogP contribution in [0.15, 0.2) is 29.3 Å². The Kier molecular flexibility index (Phi) is 20.4. The van der Waals surface area contributed by atoms with Gasteiger partial charge in [-0.2, -0.15) is 0 Å². The van der Waals surface area contributed by atoms with Gasteiger partial charge in [0, 0.05) is 25.4 Å². The van der Waals surface area contributed by atoms with E-state index in [1.807, 2.05) is 27.8 Å². The third-order valence-corrected chi connectivity index (χ3v) is 10.2. The van der Waals surface area contributed by atoms with Gasteiger partial charge in [-0.3, -0.25) is 29.0 Å². The molecule has 1 aliphatic heterocycles. The number of unbranched alkanes of at least 4 members (excludes halogenated alkanes) is 2. The lowest BCUT2D eigenvalue weighted by atomic mass is 9.85. The molecule has 0 saturated carbocycles. The van der Waals surface area contributed by atoms with Crippen molar-refractivity contribution >= 4 is 41.5 Å². The van der Waals surface area contributed by atoms with Crippen molar-refractivity contribution in [3.63, 3.8) is 0 Å². The maximum absolute atomic E-state index is 14.2. The molecule has 0 spiro atoms. The van der Waals surface area contributed by atoms with Crippen LogP contribution in [0.2, 0.25) is 0 Å². The van der Waals surface area contributed by atoms with E-state index in [0.717, 1.165) is 25.8 Å². The highest BCUT2D eigenvalue weighted by Crippen LogP contribution is 2.23. The second-order valence-electron chi connectivity index (χ2n) is 16.8. The van der Waals surface area contributed by atoms with Gasteiger partial charge in [0.2, 0.25) is 29.5 Å². The van der Waals surface area contributed by atoms with Gasteiger partial charge in [-0.05, 0) is 87.6 Å². The number of hydrogen-bond acceptors (Lipinski definition) is 9. The number of carboxylic acid groups (broad SMARTS) is 1. The number of phenolic OH excluding ortho intramolecular Hbond substituents is 1. The predicted octanol–water partition coefficient (Wildman–Crippen LogP) is 1.51. The Hall–Kier alpha value is -4.93. The van der Waals surface area contributed by atoms with Gasteiger partial charge in [0.05, 0.1) is 0 Å². The molecule has 11 N–H and O–H groups in total. The summed E-state index contributed by atoms with van der Waals surface area (Å²) in [5.41, 5.74) is 10.7. The molecule has 0 radical (unpaired) electrons. The van der Waals surface area contributed by atoms with Crippen LogP contribution < -0.4 is 38.1 Å². The molecule has 0 aliphatic carbocycles. The van der Waals surface area contributed by atoms with Crippen molar-refractivity contribution in [2.75, 3.05) is 26.7 Å². The number of hydrogen-bond donors (Lipinski definition) is 9. The third-order valence-electron chi connectivity index (χ3n) is 10.2. The van der Waals surface area contributed by atoms with E-state index in [1.54, 1.807) is 32.9 Å². The van der Waals surface area contributed by atoms with Crippen molar-refractivity contribution in [1.29, 1.82) is 0 Å². The number of nitrogens with two attached hydrogens (primary N) is 2. The summed E-state index contributed by atoms with van der Waals surface area (Å²) in [6, 6.07) is 0.591. The van der Waals surface area contributed by atoms with E-state index in [-0.39, 0.29) is 61.8 Å². The molecule has 0 unspecified atom stereocenters. The van der Waals surface area contributed by atoms with E-state index in [2.05, 4.69) is 31.6 Å². The Morgan fingerprint density at radius 1 is 0.845 bits per heavy atom. The first-order valence-electron chi connectivity index (χ1n) is 20.5. The number of aliphatic imine (C=N–C) groups is 1. The van der Waals surface area contributed by atoms with Gasteiger partial charge >= 0.3 is 5.97 Å². The molecule has 1 saturated heterocycles. The second kappa shape index (κ2) is 24.1. The van der Waals surface area contributed by atoms with Gasteiger partial charge < -0.3 is 53.2 Å². The standard InChI is InChI=1S/C41H69N9O8/c1-25(2)23-31(39(57)58)48-37(55)33(41(4,5)6)49-35(53)30(24-27-16-18-28(51)19-17-27)47-36(54)32-15-12-22-50(32)38(56)29(14-11-21-45-40(42)43)46-34(52)26(3)13-9-8-10-20-44-7/h16-19,25-26,29-33,44,51H,8-15,20-24H2,1-7H3,(H,46,52)(H,47,54)(H,48,55)(H,49,53)(H,57,58)(H4,42,43,45)/t26-,29-,30-,31-,32-,33+/m0/s1. The minimum Gasteiger partial charge on any atom is -0.508 e. The van der Waals surface area contributed by atoms with Crippen LogP contribution in [-0.4, -0.2) is 113 Å². The van der Waals surface area contributed by atoms with Crippen molar-refractivity contribution < 1.29 is 39.0 Å². The van der Waals surface area contributed by atoms with Crippen molar-refractivity contribution in [1.82, 2.24) is 31.5 Å². The van der Waals surface area contributed by atoms with Crippen LogP contribution >= 0.6 is 0 Å². The van der Waals surface area contributed by atoms with Crippen molar-refractivity contribution in [2.24, 2.45) is 33.7 Å². The van der Waals surface area contributed by atoms with Gasteiger partial charge in [-0.1, -0.05) is 66.5 Å². The lowest BCUT2D eigenvalue weighted by molar-refractivity contribution is -0.144. The van der Waals surface area contributed by atoms with Gasteiger partial charge in [0.25, 0.3) is 0 Å². The van der Waals surface area contributed by atoms with Gasteiger partial charge in [-0.25, -0.2) is 4.79 Å². The normalized spacial score (nSPS) is 16.7. The molecule has 5 amide bonds. The molecule has 0 bridgehead atoms. The Labute approximate surface area is 343 Å². The molecule has 6 atom stereocenters. The van der Waals surface area contributed by atoms with Gasteiger partial charge in [0.15, 0.2) is 5.96 Å². The fraction of sp³-hybridized carbons (Fsp3) is 0.683. The molecule has 17 heteroatoms. The summed E-state index contributed by atoms with van der Waals surface area (Å²) in [6.07, 6.45) is 5.04. The minimum absolute atomic E-state index is 0.00612. The lowest BCUT2D eigenvalue weighted by Gasteiger charge is -2.33. The van der Waals surface area contributed by atoms with E-state index >= 15 is 0 Å². The smallest absolute Gasteiger partial charge is 0.326 e. The highest BCUT2D eigenvalue weighted by Gasteiger charge is 2.41. The fourth-order valence-corrected chi connectivity index (χ4v) is 6.85. The SMILES string of the molecule is CNCCCCC[C@H](C)C(=O)N[C@@H](CCCN=C(N)N)C(=O)N1CCC[C@H]1C(=O)N[C@@H](Cc1ccc(O)cc1)C(=O)N[C@H](C(=O)N[C@@H](CC(C)C)C(=O)O)C(C)(C)C. The summed E-state index contributed by atoms with van der Waals surface area (Å²) in [6.45, 7) is 12.1. The predicted molar refractivity (Wildman–Crippen MR) is 222 cm³/mol. The Morgan fingerprint density at radius 2 is 1.50 bits per heavy atom. The zero-order valence-corrected chi connectivity index (χ0v) is 35.4. The zero-order valence-electron chi connectivity index (χ0n) is 35.4. The first-order valence-corrected chi connectivity index (χ1v) is 20.5. The number of carbonyl (C=O) groups is 6. The molecule has 1 fully saturated rings. The van der Waals surface area contributed by atoms with Crippen LogP contribution in [0.4, 0.5) is 0 Å². The number of nitrogens with zero attached hydrogens (tertiary/aromatic N) is 2. The van der Waals surface area contributed by atoms with Crippen LogP contribution in [0, 0.1) is 17.3 Å². The number of benzene rings is 1. The van der Waals surface area contributed by atoms with Crippen LogP contribution in [-0.2, 0) is 35.2 Å². The maximum Gasteiger partial charge on any atom is 0.326 e. The molecular formula is C41H69N9O8. The van der Waals surface area contributed by atoms with Crippen molar-refractivity contribution in [3.05, 3.63) is 29.8 Å². The molecule has 17 nitrogen and oxygen atoms in total. The minimum atomic E-state index is -1.23. The zero-order chi connectivity index (χ0) is 43.6. The number of phenols is 1. The van der Waals surface area contributed by atoms with Gasteiger partial charge in [-0.15, -0.1) is 0 Å². The Bertz CT molecular complexity index is 1540. The highest BCUT2D eigenvalue weighted by atomic mass is 16.4. The number of likely N-dealkylation sites (tertiary alicyclic amines) is 1. The van der Waals surface area contributed by atoms with Crippen LogP contribution in [0.3, 0.4) is 0 Å². The van der Waals surface area contributed by atoms with E-state index in [9.17, 15) is 39.0 Å². The summed E-state index contributed by atoms with van der Waals surface area (Å²) in [4.78, 5) is 86.8. The van der Waals surface area contributed by atoms with Crippen molar-refractivity contribution in [3.8, 4) is 5.75 Å². The Balaban J connectivity index is 2.35.